The second kappa shape index (κ2) is 5.85. The molecule has 0 atom stereocenters. The van der Waals surface area contributed by atoms with Gasteiger partial charge in [-0.15, -0.1) is 0 Å². The van der Waals surface area contributed by atoms with Crippen LogP contribution < -0.4 is 5.32 Å². The Bertz CT molecular complexity index is 460. The monoisotopic (exact) mass is 248 g/mol. The Hall–Kier alpha value is -1.58. The summed E-state index contributed by atoms with van der Waals surface area (Å²) in [5.74, 6) is 0.809. The van der Waals surface area contributed by atoms with E-state index in [1.54, 1.807) is 6.92 Å². The number of aryl methyl sites for hydroxylation is 2. The van der Waals surface area contributed by atoms with Crippen LogP contribution in [0.25, 0.3) is 0 Å². The van der Waals surface area contributed by atoms with E-state index in [0.29, 0.717) is 30.3 Å². The largest absolute Gasteiger partial charge is 0.435 e. The number of nitrogens with zero attached hydrogens (tertiary/aromatic N) is 1. The Morgan fingerprint density at radius 1 is 1.50 bits per heavy atom. The van der Waals surface area contributed by atoms with E-state index in [1.807, 2.05) is 6.92 Å². The smallest absolute Gasteiger partial charge is 0.289 e. The van der Waals surface area contributed by atoms with Crippen molar-refractivity contribution in [3.05, 3.63) is 29.0 Å². The first-order valence-corrected chi connectivity index (χ1v) is 6.63. The fourth-order valence-corrected chi connectivity index (χ4v) is 2.15. The van der Waals surface area contributed by atoms with Crippen molar-refractivity contribution in [2.75, 3.05) is 6.54 Å². The molecule has 4 heteroatoms. The Balaban J connectivity index is 1.94. The molecule has 0 radical (unpaired) electrons. The van der Waals surface area contributed by atoms with E-state index in [4.69, 9.17) is 4.42 Å². The maximum Gasteiger partial charge on any atom is 0.289 e. The molecule has 1 aliphatic carbocycles. The zero-order valence-corrected chi connectivity index (χ0v) is 11.1. The molecule has 1 N–H and O–H groups in total. The lowest BCUT2D eigenvalue weighted by Crippen LogP contribution is -2.26. The molecular formula is C14H20N2O2. The molecule has 2 rings (SSSR count). The molecule has 0 aliphatic heterocycles. The van der Waals surface area contributed by atoms with Gasteiger partial charge in [0.15, 0.2) is 5.89 Å². The van der Waals surface area contributed by atoms with Crippen LogP contribution in [0.15, 0.2) is 16.1 Å². The molecule has 1 aromatic heterocycles. The van der Waals surface area contributed by atoms with Crippen LogP contribution in [0.3, 0.4) is 0 Å². The van der Waals surface area contributed by atoms with Gasteiger partial charge in [-0.2, -0.15) is 0 Å². The van der Waals surface area contributed by atoms with Crippen LogP contribution in [-0.4, -0.2) is 17.4 Å². The van der Waals surface area contributed by atoms with Crippen molar-refractivity contribution in [1.29, 1.82) is 0 Å². The van der Waals surface area contributed by atoms with Gasteiger partial charge in [0, 0.05) is 13.0 Å². The highest BCUT2D eigenvalue weighted by Gasteiger charge is 2.16. The number of hydrogen-bond acceptors (Lipinski definition) is 3. The number of hydrogen-bond donors (Lipinski definition) is 1. The fourth-order valence-electron chi connectivity index (χ4n) is 2.15. The third-order valence-corrected chi connectivity index (χ3v) is 3.21. The Morgan fingerprint density at radius 3 is 2.94 bits per heavy atom. The van der Waals surface area contributed by atoms with Crippen molar-refractivity contribution in [3.8, 4) is 0 Å². The summed E-state index contributed by atoms with van der Waals surface area (Å²) < 4.78 is 5.42. The summed E-state index contributed by atoms with van der Waals surface area (Å²) in [6, 6.07) is 0. The van der Waals surface area contributed by atoms with Gasteiger partial charge >= 0.3 is 0 Å². The summed E-state index contributed by atoms with van der Waals surface area (Å²) in [7, 11) is 0. The minimum absolute atomic E-state index is 0.161. The minimum Gasteiger partial charge on any atom is -0.435 e. The molecule has 1 amide bonds. The molecule has 98 valence electrons. The van der Waals surface area contributed by atoms with Gasteiger partial charge in [-0.3, -0.25) is 4.79 Å². The summed E-state index contributed by atoms with van der Waals surface area (Å²) in [4.78, 5) is 16.2. The lowest BCUT2D eigenvalue weighted by Gasteiger charge is -2.12. The highest BCUT2D eigenvalue weighted by Crippen LogP contribution is 2.17. The van der Waals surface area contributed by atoms with Gasteiger partial charge in [-0.25, -0.2) is 4.98 Å². The highest BCUT2D eigenvalue weighted by atomic mass is 16.4. The first kappa shape index (κ1) is 12.9. The first-order valence-electron chi connectivity index (χ1n) is 6.63. The second-order valence-corrected chi connectivity index (χ2v) is 4.67. The van der Waals surface area contributed by atoms with Crippen molar-refractivity contribution < 1.29 is 9.21 Å². The summed E-state index contributed by atoms with van der Waals surface area (Å²) in [5.41, 5.74) is 1.99. The lowest BCUT2D eigenvalue weighted by atomic mass is 10.00. The van der Waals surface area contributed by atoms with Gasteiger partial charge in [0.25, 0.3) is 5.91 Å². The zero-order chi connectivity index (χ0) is 13.0. The Kier molecular flexibility index (Phi) is 4.18. The molecule has 1 heterocycles. The van der Waals surface area contributed by atoms with Crippen LogP contribution >= 0.6 is 0 Å². The number of oxazole rings is 1. The first-order chi connectivity index (χ1) is 8.70. The number of carbonyl (C=O) groups is 1. The van der Waals surface area contributed by atoms with Crippen molar-refractivity contribution >= 4 is 5.91 Å². The van der Waals surface area contributed by atoms with E-state index >= 15 is 0 Å². The maximum absolute atomic E-state index is 12.0. The normalized spacial score (nSPS) is 15.3. The molecule has 4 nitrogen and oxygen atoms in total. The molecule has 0 aromatic carbocycles. The number of rotatable bonds is 4. The predicted molar refractivity (Wildman–Crippen MR) is 69.5 cm³/mol. The summed E-state index contributed by atoms with van der Waals surface area (Å²) in [6.45, 7) is 4.39. The van der Waals surface area contributed by atoms with E-state index in [1.165, 1.54) is 18.4 Å². The van der Waals surface area contributed by atoms with Crippen LogP contribution in [0, 0.1) is 6.92 Å². The predicted octanol–water partition coefficient (Wildman–Crippen LogP) is 2.78. The lowest BCUT2D eigenvalue weighted by molar-refractivity contribution is 0.0926. The Morgan fingerprint density at radius 2 is 2.33 bits per heavy atom. The quantitative estimate of drug-likeness (QED) is 0.833. The van der Waals surface area contributed by atoms with Crippen molar-refractivity contribution in [1.82, 2.24) is 10.3 Å². The summed E-state index contributed by atoms with van der Waals surface area (Å²) in [5, 5.41) is 2.91. The molecule has 0 saturated heterocycles. The van der Waals surface area contributed by atoms with Gasteiger partial charge in [0.2, 0.25) is 5.76 Å². The highest BCUT2D eigenvalue weighted by molar-refractivity contribution is 5.92. The average Bonchev–Trinajstić information content (AvgIpc) is 2.78. The standard InChI is InChI=1S/C14H20N2O2/c1-3-12-16-10(2)13(18-12)14(17)15-9-11-7-5-4-6-8-11/h7H,3-6,8-9H2,1-2H3,(H,15,17). The number of aromatic nitrogens is 1. The van der Waals surface area contributed by atoms with E-state index in [9.17, 15) is 4.79 Å². The molecule has 0 fully saturated rings. The maximum atomic E-state index is 12.0. The zero-order valence-electron chi connectivity index (χ0n) is 11.1. The van der Waals surface area contributed by atoms with E-state index in [0.717, 1.165) is 12.8 Å². The van der Waals surface area contributed by atoms with Crippen molar-refractivity contribution in [3.63, 3.8) is 0 Å². The third-order valence-electron chi connectivity index (χ3n) is 3.21. The van der Waals surface area contributed by atoms with E-state index in [-0.39, 0.29) is 5.91 Å². The number of nitrogens with one attached hydrogen (secondary N) is 1. The van der Waals surface area contributed by atoms with E-state index in [2.05, 4.69) is 16.4 Å². The average molecular weight is 248 g/mol. The summed E-state index contributed by atoms with van der Waals surface area (Å²) in [6.07, 6.45) is 7.65. The van der Waals surface area contributed by atoms with Crippen molar-refractivity contribution in [2.45, 2.75) is 46.0 Å². The van der Waals surface area contributed by atoms with Crippen LogP contribution in [0.5, 0.6) is 0 Å². The van der Waals surface area contributed by atoms with Gasteiger partial charge in [0.1, 0.15) is 0 Å². The molecule has 1 aromatic rings. The van der Waals surface area contributed by atoms with E-state index < -0.39 is 0 Å². The second-order valence-electron chi connectivity index (χ2n) is 4.67. The number of allylic oxidation sites excluding steroid dienone is 1. The van der Waals surface area contributed by atoms with Gasteiger partial charge in [0.05, 0.1) is 5.69 Å². The van der Waals surface area contributed by atoms with Crippen LogP contribution in [0.1, 0.15) is 54.7 Å². The molecule has 0 unspecified atom stereocenters. The van der Waals surface area contributed by atoms with Crippen molar-refractivity contribution in [2.24, 2.45) is 0 Å². The molecule has 0 saturated carbocycles. The summed E-state index contributed by atoms with van der Waals surface area (Å²) >= 11 is 0. The fraction of sp³-hybridized carbons (Fsp3) is 0.571. The minimum atomic E-state index is -0.161. The molecule has 18 heavy (non-hydrogen) atoms. The molecule has 1 aliphatic rings. The molecular weight excluding hydrogens is 228 g/mol. The van der Waals surface area contributed by atoms with Crippen LogP contribution in [-0.2, 0) is 6.42 Å². The SMILES string of the molecule is CCc1nc(C)c(C(=O)NCC2=CCCCC2)o1. The number of carbonyl (C=O) groups excluding carboxylic acids is 1. The molecule has 0 bridgehead atoms. The molecule has 0 spiro atoms. The Labute approximate surface area is 107 Å². The van der Waals surface area contributed by atoms with Crippen LogP contribution in [0.4, 0.5) is 0 Å². The van der Waals surface area contributed by atoms with Crippen LogP contribution in [0.2, 0.25) is 0 Å². The van der Waals surface area contributed by atoms with Gasteiger partial charge in [-0.05, 0) is 32.6 Å². The third kappa shape index (κ3) is 3.00. The number of amides is 1. The van der Waals surface area contributed by atoms with Gasteiger partial charge < -0.3 is 9.73 Å². The van der Waals surface area contributed by atoms with Gasteiger partial charge in [-0.1, -0.05) is 18.6 Å². The topological polar surface area (TPSA) is 55.1 Å².